The molecule has 1 aromatic heterocycles. The lowest BCUT2D eigenvalue weighted by molar-refractivity contribution is 0.0696. The number of hydrogen-bond donors (Lipinski definition) is 3. The number of benzene rings is 1. The minimum Gasteiger partial charge on any atom is -0.478 e. The fraction of sp³-hybridized carbons (Fsp3) is 0. The Morgan fingerprint density at radius 2 is 2.00 bits per heavy atom. The van der Waals surface area contributed by atoms with Gasteiger partial charge < -0.3 is 16.6 Å². The summed E-state index contributed by atoms with van der Waals surface area (Å²) >= 11 is 0. The SMILES string of the molecule is NC(=O)c1ccn(-c2ccc(C(=O)O)cc2N)n1. The van der Waals surface area contributed by atoms with E-state index in [4.69, 9.17) is 16.6 Å². The topological polar surface area (TPSA) is 124 Å². The maximum Gasteiger partial charge on any atom is 0.335 e. The van der Waals surface area contributed by atoms with Crippen LogP contribution in [0.25, 0.3) is 5.69 Å². The van der Waals surface area contributed by atoms with Crippen LogP contribution in [-0.4, -0.2) is 26.8 Å². The smallest absolute Gasteiger partial charge is 0.335 e. The van der Waals surface area contributed by atoms with Crippen LogP contribution < -0.4 is 11.5 Å². The van der Waals surface area contributed by atoms with Crippen LogP contribution in [0, 0.1) is 0 Å². The zero-order valence-electron chi connectivity index (χ0n) is 9.20. The molecule has 0 aliphatic heterocycles. The van der Waals surface area contributed by atoms with Crippen molar-refractivity contribution in [3.63, 3.8) is 0 Å². The number of nitrogens with zero attached hydrogens (tertiary/aromatic N) is 2. The predicted octanol–water partition coefficient (Wildman–Crippen LogP) is 0.252. The minimum absolute atomic E-state index is 0.0820. The molecule has 7 heteroatoms. The second-order valence-corrected chi connectivity index (χ2v) is 3.59. The van der Waals surface area contributed by atoms with Crippen molar-refractivity contribution in [2.45, 2.75) is 0 Å². The summed E-state index contributed by atoms with van der Waals surface area (Å²) < 4.78 is 1.36. The van der Waals surface area contributed by atoms with Crippen LogP contribution in [0.3, 0.4) is 0 Å². The van der Waals surface area contributed by atoms with E-state index in [2.05, 4.69) is 5.10 Å². The molecular formula is C11H10N4O3. The highest BCUT2D eigenvalue weighted by Gasteiger charge is 2.10. The summed E-state index contributed by atoms with van der Waals surface area (Å²) in [7, 11) is 0. The number of aromatic nitrogens is 2. The van der Waals surface area contributed by atoms with Crippen molar-refractivity contribution in [2.24, 2.45) is 5.73 Å². The first-order valence-corrected chi connectivity index (χ1v) is 4.97. The van der Waals surface area contributed by atoms with Gasteiger partial charge >= 0.3 is 5.97 Å². The van der Waals surface area contributed by atoms with E-state index in [-0.39, 0.29) is 16.9 Å². The fourth-order valence-corrected chi connectivity index (χ4v) is 1.49. The molecule has 2 rings (SSSR count). The van der Waals surface area contributed by atoms with Crippen molar-refractivity contribution < 1.29 is 14.7 Å². The molecule has 0 fully saturated rings. The summed E-state index contributed by atoms with van der Waals surface area (Å²) in [5.41, 5.74) is 11.7. The Bertz CT molecular complexity index is 633. The minimum atomic E-state index is -1.06. The molecule has 0 spiro atoms. The molecule has 5 N–H and O–H groups in total. The molecule has 2 aromatic rings. The monoisotopic (exact) mass is 246 g/mol. The van der Waals surface area contributed by atoms with Crippen LogP contribution in [0.5, 0.6) is 0 Å². The second kappa shape index (κ2) is 4.21. The van der Waals surface area contributed by atoms with E-state index in [1.54, 1.807) is 0 Å². The van der Waals surface area contributed by atoms with Gasteiger partial charge in [-0.15, -0.1) is 0 Å². The van der Waals surface area contributed by atoms with Crippen molar-refractivity contribution >= 4 is 17.6 Å². The van der Waals surface area contributed by atoms with Gasteiger partial charge in [0.1, 0.15) is 5.69 Å². The number of anilines is 1. The van der Waals surface area contributed by atoms with Crippen molar-refractivity contribution in [1.29, 1.82) is 0 Å². The van der Waals surface area contributed by atoms with E-state index < -0.39 is 11.9 Å². The molecule has 0 saturated carbocycles. The Balaban J connectivity index is 2.44. The van der Waals surface area contributed by atoms with Crippen LogP contribution in [0.1, 0.15) is 20.8 Å². The first-order chi connectivity index (χ1) is 8.49. The molecule has 7 nitrogen and oxygen atoms in total. The molecule has 92 valence electrons. The lowest BCUT2D eigenvalue weighted by atomic mass is 10.2. The zero-order chi connectivity index (χ0) is 13.3. The van der Waals surface area contributed by atoms with Crippen LogP contribution in [0.15, 0.2) is 30.5 Å². The summed E-state index contributed by atoms with van der Waals surface area (Å²) in [5.74, 6) is -1.71. The summed E-state index contributed by atoms with van der Waals surface area (Å²) in [6.07, 6.45) is 1.52. The number of hydrogen-bond acceptors (Lipinski definition) is 4. The molecule has 0 bridgehead atoms. The number of rotatable bonds is 3. The average Bonchev–Trinajstić information content (AvgIpc) is 2.78. The van der Waals surface area contributed by atoms with Crippen LogP contribution in [0.4, 0.5) is 5.69 Å². The van der Waals surface area contributed by atoms with E-state index in [1.807, 2.05) is 0 Å². The Hall–Kier alpha value is -2.83. The lowest BCUT2D eigenvalue weighted by Gasteiger charge is -2.06. The Morgan fingerprint density at radius 1 is 1.28 bits per heavy atom. The maximum atomic E-state index is 10.9. The average molecular weight is 246 g/mol. The number of primary amides is 1. The largest absolute Gasteiger partial charge is 0.478 e. The zero-order valence-corrected chi connectivity index (χ0v) is 9.20. The number of nitrogens with two attached hydrogens (primary N) is 2. The van der Waals surface area contributed by atoms with E-state index >= 15 is 0 Å². The highest BCUT2D eigenvalue weighted by molar-refractivity contribution is 5.91. The highest BCUT2D eigenvalue weighted by Crippen LogP contribution is 2.18. The van der Waals surface area contributed by atoms with Crippen LogP contribution >= 0.6 is 0 Å². The van der Waals surface area contributed by atoms with Gasteiger partial charge in [-0.05, 0) is 24.3 Å². The molecule has 18 heavy (non-hydrogen) atoms. The molecule has 1 aromatic carbocycles. The number of amides is 1. The quantitative estimate of drug-likeness (QED) is 0.669. The van der Waals surface area contributed by atoms with Gasteiger partial charge in [-0.3, -0.25) is 4.79 Å². The van der Waals surface area contributed by atoms with E-state index in [0.717, 1.165) is 0 Å². The van der Waals surface area contributed by atoms with Gasteiger partial charge in [-0.2, -0.15) is 5.10 Å². The third kappa shape index (κ3) is 2.01. The van der Waals surface area contributed by atoms with Crippen molar-refractivity contribution in [3.8, 4) is 5.69 Å². The van der Waals surface area contributed by atoms with E-state index in [9.17, 15) is 9.59 Å². The third-order valence-electron chi connectivity index (χ3n) is 2.36. The van der Waals surface area contributed by atoms with Gasteiger partial charge in [0, 0.05) is 6.20 Å². The van der Waals surface area contributed by atoms with E-state index in [0.29, 0.717) is 5.69 Å². The Kier molecular flexibility index (Phi) is 2.72. The molecule has 0 saturated heterocycles. The molecule has 0 unspecified atom stereocenters. The number of nitrogen functional groups attached to an aromatic ring is 1. The Morgan fingerprint density at radius 3 is 2.50 bits per heavy atom. The maximum absolute atomic E-state index is 10.9. The summed E-state index contributed by atoms with van der Waals surface area (Å²) in [5, 5.41) is 12.7. The standard InChI is InChI=1S/C11H10N4O3/c12-7-5-6(11(17)18)1-2-9(7)15-4-3-8(14-15)10(13)16/h1-5H,12H2,(H2,13,16)(H,17,18). The number of carbonyl (C=O) groups excluding carboxylic acids is 1. The molecule has 0 radical (unpaired) electrons. The van der Waals surface area contributed by atoms with E-state index in [1.165, 1.54) is 35.1 Å². The van der Waals surface area contributed by atoms with Crippen molar-refractivity contribution in [3.05, 3.63) is 41.7 Å². The molecule has 1 amide bonds. The van der Waals surface area contributed by atoms with Crippen LogP contribution in [0.2, 0.25) is 0 Å². The molecule has 1 heterocycles. The number of aromatic carboxylic acids is 1. The predicted molar refractivity (Wildman–Crippen MR) is 63.5 cm³/mol. The van der Waals surface area contributed by atoms with Gasteiger partial charge in [-0.1, -0.05) is 0 Å². The van der Waals surface area contributed by atoms with Gasteiger partial charge in [-0.25, -0.2) is 9.48 Å². The van der Waals surface area contributed by atoms with Crippen molar-refractivity contribution in [2.75, 3.05) is 5.73 Å². The normalized spacial score (nSPS) is 10.2. The molecule has 0 aliphatic carbocycles. The van der Waals surface area contributed by atoms with Gasteiger partial charge in [0.25, 0.3) is 5.91 Å². The second-order valence-electron chi connectivity index (χ2n) is 3.59. The summed E-state index contributed by atoms with van der Waals surface area (Å²) in [6, 6.07) is 5.69. The Labute approximate surface area is 102 Å². The summed E-state index contributed by atoms with van der Waals surface area (Å²) in [6.45, 7) is 0. The van der Waals surface area contributed by atoms with Gasteiger partial charge in [0.2, 0.25) is 0 Å². The highest BCUT2D eigenvalue weighted by atomic mass is 16.4. The van der Waals surface area contributed by atoms with Crippen molar-refractivity contribution in [1.82, 2.24) is 9.78 Å². The van der Waals surface area contributed by atoms with Gasteiger partial charge in [0.05, 0.1) is 16.9 Å². The first kappa shape index (κ1) is 11.6. The third-order valence-corrected chi connectivity index (χ3v) is 2.36. The van der Waals surface area contributed by atoms with Gasteiger partial charge in [0.15, 0.2) is 0 Å². The molecular weight excluding hydrogens is 236 g/mol. The first-order valence-electron chi connectivity index (χ1n) is 4.97. The molecule has 0 aliphatic rings. The lowest BCUT2D eigenvalue weighted by Crippen LogP contribution is -2.12. The number of carboxylic acids is 1. The fourth-order valence-electron chi connectivity index (χ4n) is 1.49. The number of carboxylic acid groups (broad SMARTS) is 1. The number of carbonyl (C=O) groups is 2. The summed E-state index contributed by atoms with van der Waals surface area (Å²) in [4.78, 5) is 21.7. The molecule has 0 atom stereocenters. The van der Waals surface area contributed by atoms with Crippen LogP contribution in [-0.2, 0) is 0 Å².